The number of anilines is 1. The summed E-state index contributed by atoms with van der Waals surface area (Å²) in [6.45, 7) is 6.45. The molecular formula is C14H21NO3. The van der Waals surface area contributed by atoms with E-state index >= 15 is 0 Å². The fourth-order valence-corrected chi connectivity index (χ4v) is 1.68. The molecule has 1 rings (SSSR count). The van der Waals surface area contributed by atoms with E-state index in [4.69, 9.17) is 4.74 Å². The number of hydrogen-bond donors (Lipinski definition) is 1. The number of benzene rings is 1. The summed E-state index contributed by atoms with van der Waals surface area (Å²) in [4.78, 5) is 11.3. The maximum atomic E-state index is 11.3. The van der Waals surface area contributed by atoms with Crippen molar-refractivity contribution in [1.82, 2.24) is 0 Å². The van der Waals surface area contributed by atoms with Gasteiger partial charge in [-0.2, -0.15) is 0 Å². The molecule has 0 radical (unpaired) electrons. The quantitative estimate of drug-likeness (QED) is 0.790. The van der Waals surface area contributed by atoms with Crippen molar-refractivity contribution in [2.24, 2.45) is 0 Å². The van der Waals surface area contributed by atoms with Crippen molar-refractivity contribution < 1.29 is 14.3 Å². The summed E-state index contributed by atoms with van der Waals surface area (Å²) in [7, 11) is 1.38. The van der Waals surface area contributed by atoms with Crippen molar-refractivity contribution in [2.75, 3.05) is 19.0 Å². The summed E-state index contributed by atoms with van der Waals surface area (Å²) >= 11 is 0. The number of rotatable bonds is 6. The van der Waals surface area contributed by atoms with Crippen LogP contribution in [0.4, 0.5) is 5.69 Å². The van der Waals surface area contributed by atoms with Gasteiger partial charge in [-0.3, -0.25) is 0 Å². The SMILES string of the molecule is CCOC(C)c1ccc(NC(C)C(=O)OC)cc1. The predicted molar refractivity (Wildman–Crippen MR) is 71.6 cm³/mol. The van der Waals surface area contributed by atoms with E-state index in [1.165, 1.54) is 7.11 Å². The van der Waals surface area contributed by atoms with E-state index in [0.29, 0.717) is 6.61 Å². The lowest BCUT2D eigenvalue weighted by Crippen LogP contribution is -2.27. The van der Waals surface area contributed by atoms with Crippen molar-refractivity contribution >= 4 is 11.7 Å². The molecule has 1 N–H and O–H groups in total. The number of esters is 1. The molecule has 0 aliphatic carbocycles. The van der Waals surface area contributed by atoms with Gasteiger partial charge in [0.05, 0.1) is 13.2 Å². The second-order valence-corrected chi connectivity index (χ2v) is 4.11. The molecule has 100 valence electrons. The Kier molecular flexibility index (Phi) is 5.65. The minimum Gasteiger partial charge on any atom is -0.467 e. The molecule has 0 heterocycles. The highest BCUT2D eigenvalue weighted by Gasteiger charge is 2.12. The van der Waals surface area contributed by atoms with Gasteiger partial charge in [-0.15, -0.1) is 0 Å². The summed E-state index contributed by atoms with van der Waals surface area (Å²) in [5.41, 5.74) is 2.01. The van der Waals surface area contributed by atoms with Crippen molar-refractivity contribution in [2.45, 2.75) is 32.9 Å². The molecule has 2 atom stereocenters. The second kappa shape index (κ2) is 7.01. The molecule has 0 aliphatic heterocycles. The molecule has 0 fully saturated rings. The zero-order chi connectivity index (χ0) is 13.5. The van der Waals surface area contributed by atoms with Crippen LogP contribution in [-0.4, -0.2) is 25.7 Å². The Morgan fingerprint density at radius 1 is 1.28 bits per heavy atom. The van der Waals surface area contributed by atoms with Crippen LogP contribution in [0.15, 0.2) is 24.3 Å². The van der Waals surface area contributed by atoms with Gasteiger partial charge in [0.25, 0.3) is 0 Å². The van der Waals surface area contributed by atoms with Crippen LogP contribution in [0, 0.1) is 0 Å². The molecule has 0 saturated carbocycles. The Morgan fingerprint density at radius 2 is 1.89 bits per heavy atom. The number of methoxy groups -OCH3 is 1. The zero-order valence-corrected chi connectivity index (χ0v) is 11.4. The van der Waals surface area contributed by atoms with Gasteiger partial charge in [0.15, 0.2) is 0 Å². The van der Waals surface area contributed by atoms with Crippen LogP contribution in [0.3, 0.4) is 0 Å². The fourth-order valence-electron chi connectivity index (χ4n) is 1.68. The lowest BCUT2D eigenvalue weighted by atomic mass is 10.1. The minimum absolute atomic E-state index is 0.0853. The first-order valence-electron chi connectivity index (χ1n) is 6.14. The Hall–Kier alpha value is -1.55. The topological polar surface area (TPSA) is 47.6 Å². The first kappa shape index (κ1) is 14.5. The van der Waals surface area contributed by atoms with Crippen LogP contribution in [0.2, 0.25) is 0 Å². The van der Waals surface area contributed by atoms with Crippen LogP contribution < -0.4 is 5.32 Å². The van der Waals surface area contributed by atoms with Gasteiger partial charge in [-0.05, 0) is 38.5 Å². The monoisotopic (exact) mass is 251 g/mol. The van der Waals surface area contributed by atoms with E-state index in [9.17, 15) is 4.79 Å². The van der Waals surface area contributed by atoms with Gasteiger partial charge in [-0.25, -0.2) is 4.79 Å². The second-order valence-electron chi connectivity index (χ2n) is 4.11. The average Bonchev–Trinajstić information content (AvgIpc) is 2.38. The minimum atomic E-state index is -0.356. The van der Waals surface area contributed by atoms with E-state index in [2.05, 4.69) is 10.1 Å². The highest BCUT2D eigenvalue weighted by atomic mass is 16.5. The maximum Gasteiger partial charge on any atom is 0.327 e. The van der Waals surface area contributed by atoms with E-state index in [0.717, 1.165) is 11.3 Å². The molecule has 0 aromatic heterocycles. The van der Waals surface area contributed by atoms with Crippen LogP contribution in [0.25, 0.3) is 0 Å². The Bertz CT molecular complexity index is 375. The van der Waals surface area contributed by atoms with Gasteiger partial charge in [-0.1, -0.05) is 12.1 Å². The number of carbonyl (C=O) groups excluding carboxylic acids is 1. The first-order valence-corrected chi connectivity index (χ1v) is 6.14. The number of ether oxygens (including phenoxy) is 2. The summed E-state index contributed by atoms with van der Waals surface area (Å²) in [5.74, 6) is -0.276. The summed E-state index contributed by atoms with van der Waals surface area (Å²) < 4.78 is 10.2. The van der Waals surface area contributed by atoms with Crippen molar-refractivity contribution in [3.63, 3.8) is 0 Å². The van der Waals surface area contributed by atoms with Gasteiger partial charge in [0.1, 0.15) is 6.04 Å². The van der Waals surface area contributed by atoms with E-state index in [1.807, 2.05) is 38.1 Å². The molecule has 4 heteroatoms. The Labute approximate surface area is 108 Å². The first-order chi connectivity index (χ1) is 8.58. The molecule has 1 aromatic carbocycles. The lowest BCUT2D eigenvalue weighted by Gasteiger charge is -2.15. The normalized spacial score (nSPS) is 13.8. The molecule has 1 aromatic rings. The Balaban J connectivity index is 2.63. The largest absolute Gasteiger partial charge is 0.467 e. The van der Waals surface area contributed by atoms with Gasteiger partial charge < -0.3 is 14.8 Å². The Morgan fingerprint density at radius 3 is 2.39 bits per heavy atom. The standard InChI is InChI=1S/C14H21NO3/c1-5-18-11(3)12-6-8-13(9-7-12)15-10(2)14(16)17-4/h6-11,15H,5H2,1-4H3. The van der Waals surface area contributed by atoms with E-state index in [-0.39, 0.29) is 18.1 Å². The van der Waals surface area contributed by atoms with Crippen LogP contribution in [-0.2, 0) is 14.3 Å². The fraction of sp³-hybridized carbons (Fsp3) is 0.500. The number of carbonyl (C=O) groups is 1. The van der Waals surface area contributed by atoms with Crippen molar-refractivity contribution in [3.05, 3.63) is 29.8 Å². The van der Waals surface area contributed by atoms with Gasteiger partial charge >= 0.3 is 5.97 Å². The number of nitrogens with one attached hydrogen (secondary N) is 1. The lowest BCUT2D eigenvalue weighted by molar-refractivity contribution is -0.141. The average molecular weight is 251 g/mol. The smallest absolute Gasteiger partial charge is 0.327 e. The van der Waals surface area contributed by atoms with Crippen molar-refractivity contribution in [1.29, 1.82) is 0 Å². The van der Waals surface area contributed by atoms with Crippen LogP contribution in [0.1, 0.15) is 32.4 Å². The van der Waals surface area contributed by atoms with Crippen LogP contribution in [0.5, 0.6) is 0 Å². The molecule has 0 saturated heterocycles. The predicted octanol–water partition coefficient (Wildman–Crippen LogP) is 2.76. The number of hydrogen-bond acceptors (Lipinski definition) is 4. The molecule has 0 amide bonds. The van der Waals surface area contributed by atoms with Gasteiger partial charge in [0, 0.05) is 12.3 Å². The molecule has 0 bridgehead atoms. The molecule has 18 heavy (non-hydrogen) atoms. The summed E-state index contributed by atoms with van der Waals surface area (Å²) in [5, 5.41) is 3.08. The molecule has 0 aliphatic rings. The molecule has 0 spiro atoms. The van der Waals surface area contributed by atoms with Gasteiger partial charge in [0.2, 0.25) is 0 Å². The third-order valence-electron chi connectivity index (χ3n) is 2.73. The van der Waals surface area contributed by atoms with Crippen molar-refractivity contribution in [3.8, 4) is 0 Å². The highest BCUT2D eigenvalue weighted by Crippen LogP contribution is 2.19. The van der Waals surface area contributed by atoms with Crippen LogP contribution >= 0.6 is 0 Å². The molecule has 4 nitrogen and oxygen atoms in total. The highest BCUT2D eigenvalue weighted by molar-refractivity contribution is 5.78. The third-order valence-corrected chi connectivity index (χ3v) is 2.73. The summed E-state index contributed by atoms with van der Waals surface area (Å²) in [6, 6.07) is 7.50. The molecular weight excluding hydrogens is 230 g/mol. The zero-order valence-electron chi connectivity index (χ0n) is 11.4. The maximum absolute atomic E-state index is 11.3. The third kappa shape index (κ3) is 4.04. The van der Waals surface area contributed by atoms with E-state index in [1.54, 1.807) is 6.92 Å². The molecule has 2 unspecified atom stereocenters. The summed E-state index contributed by atoms with van der Waals surface area (Å²) in [6.07, 6.45) is 0.0853. The van der Waals surface area contributed by atoms with E-state index < -0.39 is 0 Å².